The number of aliphatic hydroxyl groups excluding tert-OH is 1. The molecule has 0 aromatic carbocycles. The van der Waals surface area contributed by atoms with Crippen molar-refractivity contribution in [3.8, 4) is 0 Å². The normalized spacial score (nSPS) is 24.6. The maximum atomic E-state index is 8.93. The van der Waals surface area contributed by atoms with E-state index in [9.17, 15) is 0 Å². The summed E-state index contributed by atoms with van der Waals surface area (Å²) in [5, 5.41) is 8.93. The van der Waals surface area contributed by atoms with Crippen LogP contribution in [0.15, 0.2) is 12.4 Å². The van der Waals surface area contributed by atoms with Gasteiger partial charge in [0.05, 0.1) is 24.7 Å². The largest absolute Gasteiger partial charge is 0.390 e. The first-order valence-electron chi connectivity index (χ1n) is 5.95. The Bertz CT molecular complexity index is 365. The van der Waals surface area contributed by atoms with Crippen LogP contribution >= 0.6 is 0 Å². The van der Waals surface area contributed by atoms with Gasteiger partial charge in [-0.25, -0.2) is 4.98 Å². The first kappa shape index (κ1) is 12.3. The number of anilines is 1. The van der Waals surface area contributed by atoms with E-state index in [1.165, 1.54) is 0 Å². The Hall–Kier alpha value is -1.20. The van der Waals surface area contributed by atoms with Gasteiger partial charge in [-0.1, -0.05) is 6.92 Å². The van der Waals surface area contributed by atoms with Crippen LogP contribution in [-0.4, -0.2) is 53.2 Å². The van der Waals surface area contributed by atoms with Crippen LogP contribution in [0.2, 0.25) is 0 Å². The average molecular weight is 236 g/mol. The number of hydrogen-bond donors (Lipinski definition) is 1. The molecule has 5 heteroatoms. The van der Waals surface area contributed by atoms with Gasteiger partial charge in [0.15, 0.2) is 0 Å². The van der Waals surface area contributed by atoms with E-state index in [2.05, 4.69) is 40.8 Å². The molecule has 0 amide bonds. The van der Waals surface area contributed by atoms with Crippen molar-refractivity contribution in [2.45, 2.75) is 19.6 Å². The summed E-state index contributed by atoms with van der Waals surface area (Å²) in [6, 6.07) is 0.564. The van der Waals surface area contributed by atoms with Crippen LogP contribution < -0.4 is 4.90 Å². The smallest absolute Gasteiger partial charge is 0.147 e. The van der Waals surface area contributed by atoms with Crippen molar-refractivity contribution in [2.24, 2.45) is 5.92 Å². The molecule has 0 saturated carbocycles. The molecule has 5 nitrogen and oxygen atoms in total. The fourth-order valence-electron chi connectivity index (χ4n) is 2.40. The molecule has 2 atom stereocenters. The molecule has 1 aliphatic rings. The Balaban J connectivity index is 2.08. The van der Waals surface area contributed by atoms with Gasteiger partial charge < -0.3 is 14.9 Å². The fraction of sp³-hybridized carbons (Fsp3) is 0.667. The van der Waals surface area contributed by atoms with Crippen molar-refractivity contribution < 1.29 is 5.11 Å². The first-order valence-corrected chi connectivity index (χ1v) is 5.95. The average Bonchev–Trinajstić information content (AvgIpc) is 2.71. The second-order valence-electron chi connectivity index (χ2n) is 4.94. The maximum Gasteiger partial charge on any atom is 0.147 e. The standard InChI is InChI=1S/C12H20N4O/c1-9-6-16(7-11(9)15(2)3)12-5-13-10(8-17)4-14-12/h4-5,9,11,17H,6-8H2,1-3H3. The van der Waals surface area contributed by atoms with Crippen LogP contribution in [-0.2, 0) is 6.61 Å². The summed E-state index contributed by atoms with van der Waals surface area (Å²) in [7, 11) is 4.23. The molecule has 1 aromatic heterocycles. The molecule has 2 unspecified atom stereocenters. The highest BCUT2D eigenvalue weighted by Crippen LogP contribution is 2.23. The summed E-state index contributed by atoms with van der Waals surface area (Å²) in [5.41, 5.74) is 0.616. The third kappa shape index (κ3) is 2.56. The van der Waals surface area contributed by atoms with E-state index in [1.54, 1.807) is 12.4 Å². The summed E-state index contributed by atoms with van der Waals surface area (Å²) in [4.78, 5) is 13.0. The van der Waals surface area contributed by atoms with Gasteiger partial charge in [0.1, 0.15) is 5.82 Å². The van der Waals surface area contributed by atoms with Crippen LogP contribution in [0.1, 0.15) is 12.6 Å². The molecule has 0 spiro atoms. The summed E-state index contributed by atoms with van der Waals surface area (Å²) >= 11 is 0. The monoisotopic (exact) mass is 236 g/mol. The minimum atomic E-state index is -0.0516. The number of hydrogen-bond acceptors (Lipinski definition) is 5. The molecule has 94 valence electrons. The molecule has 2 heterocycles. The second kappa shape index (κ2) is 4.98. The lowest BCUT2D eigenvalue weighted by Crippen LogP contribution is -2.34. The molecule has 2 rings (SSSR count). The minimum absolute atomic E-state index is 0.0516. The van der Waals surface area contributed by atoms with E-state index in [1.807, 2.05) is 0 Å². The number of aliphatic hydroxyl groups is 1. The van der Waals surface area contributed by atoms with Crippen LogP contribution in [0.4, 0.5) is 5.82 Å². The van der Waals surface area contributed by atoms with Crippen molar-refractivity contribution in [3.63, 3.8) is 0 Å². The van der Waals surface area contributed by atoms with E-state index >= 15 is 0 Å². The Morgan fingerprint density at radius 2 is 2.12 bits per heavy atom. The molecular weight excluding hydrogens is 216 g/mol. The second-order valence-corrected chi connectivity index (χ2v) is 4.94. The molecule has 1 N–H and O–H groups in total. The Labute approximate surface area is 102 Å². The summed E-state index contributed by atoms with van der Waals surface area (Å²) in [5.74, 6) is 1.53. The molecule has 0 radical (unpaired) electrons. The van der Waals surface area contributed by atoms with Crippen LogP contribution in [0.3, 0.4) is 0 Å². The van der Waals surface area contributed by atoms with Gasteiger partial charge in [-0.05, 0) is 20.0 Å². The van der Waals surface area contributed by atoms with Gasteiger partial charge >= 0.3 is 0 Å². The van der Waals surface area contributed by atoms with E-state index in [0.29, 0.717) is 17.7 Å². The van der Waals surface area contributed by atoms with Gasteiger partial charge in [-0.3, -0.25) is 4.98 Å². The third-order valence-electron chi connectivity index (χ3n) is 3.41. The lowest BCUT2D eigenvalue weighted by molar-refractivity contribution is 0.266. The zero-order valence-electron chi connectivity index (χ0n) is 10.7. The lowest BCUT2D eigenvalue weighted by Gasteiger charge is -2.22. The highest BCUT2D eigenvalue weighted by molar-refractivity contribution is 5.38. The summed E-state index contributed by atoms with van der Waals surface area (Å²) < 4.78 is 0. The molecule has 1 fully saturated rings. The van der Waals surface area contributed by atoms with Gasteiger partial charge in [0.2, 0.25) is 0 Å². The van der Waals surface area contributed by atoms with Gasteiger partial charge in [0.25, 0.3) is 0 Å². The molecule has 1 aromatic rings. The number of aromatic nitrogens is 2. The minimum Gasteiger partial charge on any atom is -0.390 e. The SMILES string of the molecule is CC1CN(c2cnc(CO)cn2)CC1N(C)C. The van der Waals surface area contributed by atoms with Crippen molar-refractivity contribution in [1.29, 1.82) is 0 Å². The maximum absolute atomic E-state index is 8.93. The number of likely N-dealkylation sites (N-methyl/N-ethyl adjacent to an activating group) is 1. The molecule has 0 aliphatic carbocycles. The molecule has 0 bridgehead atoms. The fourth-order valence-corrected chi connectivity index (χ4v) is 2.40. The Morgan fingerprint density at radius 3 is 2.59 bits per heavy atom. The summed E-state index contributed by atoms with van der Waals surface area (Å²) in [6.45, 7) is 4.21. The van der Waals surface area contributed by atoms with Crippen LogP contribution in [0, 0.1) is 5.92 Å². The van der Waals surface area contributed by atoms with Crippen LogP contribution in [0.25, 0.3) is 0 Å². The molecular formula is C12H20N4O. The predicted molar refractivity (Wildman–Crippen MR) is 66.8 cm³/mol. The molecule has 1 aliphatic heterocycles. The molecule has 17 heavy (non-hydrogen) atoms. The van der Waals surface area contributed by atoms with Crippen molar-refractivity contribution in [2.75, 3.05) is 32.1 Å². The highest BCUT2D eigenvalue weighted by Gasteiger charge is 2.31. The number of rotatable bonds is 3. The predicted octanol–water partition coefficient (Wildman–Crippen LogP) is 0.355. The lowest BCUT2D eigenvalue weighted by atomic mass is 10.1. The van der Waals surface area contributed by atoms with Gasteiger partial charge in [-0.15, -0.1) is 0 Å². The van der Waals surface area contributed by atoms with Crippen molar-refractivity contribution in [1.82, 2.24) is 14.9 Å². The number of nitrogens with zero attached hydrogens (tertiary/aromatic N) is 4. The highest BCUT2D eigenvalue weighted by atomic mass is 16.3. The summed E-state index contributed by atoms with van der Waals surface area (Å²) in [6.07, 6.45) is 3.39. The van der Waals surface area contributed by atoms with Crippen molar-refractivity contribution in [3.05, 3.63) is 18.1 Å². The third-order valence-corrected chi connectivity index (χ3v) is 3.41. The van der Waals surface area contributed by atoms with Crippen LogP contribution in [0.5, 0.6) is 0 Å². The van der Waals surface area contributed by atoms with E-state index in [4.69, 9.17) is 5.11 Å². The van der Waals surface area contributed by atoms with Crippen molar-refractivity contribution >= 4 is 5.82 Å². The Morgan fingerprint density at radius 1 is 1.35 bits per heavy atom. The zero-order chi connectivity index (χ0) is 12.4. The van der Waals surface area contributed by atoms with E-state index in [0.717, 1.165) is 18.9 Å². The topological polar surface area (TPSA) is 52.5 Å². The zero-order valence-corrected chi connectivity index (χ0v) is 10.7. The quantitative estimate of drug-likeness (QED) is 0.821. The first-order chi connectivity index (χ1) is 8.11. The van der Waals surface area contributed by atoms with E-state index in [-0.39, 0.29) is 6.61 Å². The van der Waals surface area contributed by atoms with E-state index < -0.39 is 0 Å². The van der Waals surface area contributed by atoms with Gasteiger partial charge in [-0.2, -0.15) is 0 Å². The Kier molecular flexibility index (Phi) is 3.59. The van der Waals surface area contributed by atoms with Gasteiger partial charge in [0, 0.05) is 19.1 Å². The molecule has 1 saturated heterocycles.